The summed E-state index contributed by atoms with van der Waals surface area (Å²) < 4.78 is 35.8. The minimum Gasteiger partial charge on any atom is -0.480 e. The van der Waals surface area contributed by atoms with Crippen molar-refractivity contribution in [3.8, 4) is 0 Å². The lowest BCUT2D eigenvalue weighted by atomic mass is 10.1. The summed E-state index contributed by atoms with van der Waals surface area (Å²) in [6, 6.07) is 0. The van der Waals surface area contributed by atoms with Crippen LogP contribution in [0.15, 0.2) is 0 Å². The predicted molar refractivity (Wildman–Crippen MR) is 138 cm³/mol. The summed E-state index contributed by atoms with van der Waals surface area (Å²) in [5.41, 5.74) is 0. The number of unbranched alkanes of at least 4 members (excludes halogenated alkanes) is 7. The van der Waals surface area contributed by atoms with E-state index in [4.69, 9.17) is 14.4 Å². The molecule has 0 aromatic carbocycles. The molecule has 0 aliphatic rings. The summed E-state index contributed by atoms with van der Waals surface area (Å²) in [4.78, 5) is 38.3. The van der Waals surface area contributed by atoms with Crippen molar-refractivity contribution in [3.05, 3.63) is 0 Å². The summed E-state index contributed by atoms with van der Waals surface area (Å²) in [6.07, 6.45) is 8.79. The van der Waals surface area contributed by atoms with E-state index in [1.54, 1.807) is 7.05 Å². The Bertz CT molecular complexity index is 763. The van der Waals surface area contributed by atoms with Crippen molar-refractivity contribution in [3.63, 3.8) is 0 Å². The maximum absolute atomic E-state index is 12.5. The van der Waals surface area contributed by atoms with Gasteiger partial charge >= 0.3 is 11.9 Å². The fourth-order valence-electron chi connectivity index (χ4n) is 3.78. The van der Waals surface area contributed by atoms with Crippen molar-refractivity contribution in [1.29, 1.82) is 0 Å². The molecule has 12 nitrogen and oxygen atoms in total. The number of rotatable bonds is 23. The summed E-state index contributed by atoms with van der Waals surface area (Å²) in [5, 5.41) is 26.0. The molecule has 2 atom stereocenters. The number of carboxylic acids is 1. The van der Waals surface area contributed by atoms with E-state index in [2.05, 4.69) is 6.92 Å². The number of ether oxygens (including phenoxy) is 1. The van der Waals surface area contributed by atoms with Gasteiger partial charge in [0.05, 0.1) is 25.7 Å². The van der Waals surface area contributed by atoms with Gasteiger partial charge in [-0.15, -0.1) is 0 Å². The van der Waals surface area contributed by atoms with Crippen LogP contribution < -0.4 is 0 Å². The highest BCUT2D eigenvalue weighted by molar-refractivity contribution is 7.87. The first-order valence-corrected chi connectivity index (χ1v) is 14.5. The molecule has 1 amide bonds. The minimum absolute atomic E-state index is 0.00998. The second-order valence-electron chi connectivity index (χ2n) is 9.30. The molecule has 0 rings (SSSR count). The van der Waals surface area contributed by atoms with Crippen molar-refractivity contribution >= 4 is 28.0 Å². The summed E-state index contributed by atoms with van der Waals surface area (Å²) in [7, 11) is -3.18. The van der Waals surface area contributed by atoms with Crippen molar-refractivity contribution in [2.24, 2.45) is 0 Å². The lowest BCUT2D eigenvalue weighted by molar-refractivity contribution is -0.148. The molecule has 2 unspecified atom stereocenters. The van der Waals surface area contributed by atoms with Crippen LogP contribution in [0.5, 0.6) is 0 Å². The molecule has 0 saturated heterocycles. The Kier molecular flexibility index (Phi) is 19.2. The highest BCUT2D eigenvalue weighted by Crippen LogP contribution is 2.11. The molecule has 0 aromatic rings. The molecule has 13 heteroatoms. The smallest absolute Gasteiger partial charge is 0.325 e. The molecule has 4 N–H and O–H groups in total. The number of carbonyl (C=O) groups is 3. The number of aliphatic carboxylic acids is 1. The zero-order chi connectivity index (χ0) is 28.3. The van der Waals surface area contributed by atoms with Crippen LogP contribution in [0, 0.1) is 0 Å². The Morgan fingerprint density at radius 2 is 1.54 bits per heavy atom. The van der Waals surface area contributed by atoms with E-state index in [0.29, 0.717) is 19.5 Å². The number of carbonyl (C=O) groups excluding carboxylic acids is 2. The molecule has 0 aliphatic carbocycles. The van der Waals surface area contributed by atoms with Gasteiger partial charge in [0.1, 0.15) is 6.61 Å². The highest BCUT2D eigenvalue weighted by Gasteiger charge is 2.34. The molecule has 0 spiro atoms. The van der Waals surface area contributed by atoms with E-state index in [0.717, 1.165) is 12.8 Å². The van der Waals surface area contributed by atoms with Crippen LogP contribution in [0.25, 0.3) is 0 Å². The zero-order valence-electron chi connectivity index (χ0n) is 22.2. The summed E-state index contributed by atoms with van der Waals surface area (Å²) in [6.45, 7) is 2.25. The van der Waals surface area contributed by atoms with Crippen LogP contribution in [0.1, 0.15) is 77.6 Å². The van der Waals surface area contributed by atoms with Crippen molar-refractivity contribution in [1.82, 2.24) is 9.80 Å². The van der Waals surface area contributed by atoms with Gasteiger partial charge in [0, 0.05) is 26.1 Å². The Balaban J connectivity index is 4.29. The summed E-state index contributed by atoms with van der Waals surface area (Å²) in [5.74, 6) is -3.36. The van der Waals surface area contributed by atoms with E-state index in [1.807, 2.05) is 4.90 Å². The molecule has 0 aliphatic heterocycles. The third kappa shape index (κ3) is 18.2. The van der Waals surface area contributed by atoms with Gasteiger partial charge in [-0.1, -0.05) is 58.3 Å². The number of amides is 1. The van der Waals surface area contributed by atoms with E-state index < -0.39 is 39.8 Å². The number of hydrogen-bond acceptors (Lipinski definition) is 9. The minimum atomic E-state index is -4.98. The molecule has 0 heterocycles. The normalized spacial score (nSPS) is 13.4. The van der Waals surface area contributed by atoms with Crippen LogP contribution in [-0.4, -0.2) is 114 Å². The summed E-state index contributed by atoms with van der Waals surface area (Å²) >= 11 is 0. The zero-order valence-corrected chi connectivity index (χ0v) is 23.0. The second kappa shape index (κ2) is 20.2. The number of carboxylic acid groups (broad SMARTS) is 1. The van der Waals surface area contributed by atoms with Gasteiger partial charge in [0.2, 0.25) is 5.91 Å². The van der Waals surface area contributed by atoms with Crippen molar-refractivity contribution in [2.45, 2.75) is 88.9 Å². The van der Waals surface area contributed by atoms with E-state index in [1.165, 1.54) is 43.4 Å². The van der Waals surface area contributed by atoms with Gasteiger partial charge in [0.25, 0.3) is 10.1 Å². The topological polar surface area (TPSA) is 182 Å². The van der Waals surface area contributed by atoms with Crippen LogP contribution in [0.3, 0.4) is 0 Å². The standard InChI is InChI=1S/C24H46N2O10S/c1-3-4-5-6-7-8-9-10-11-20(28)19-25(2)13-12-22(29)26(14-16-27)15-17-36-23(30)18-21(24(31)32)37(33,34)35/h20-21,27-28H,3-19H2,1-2H3,(H,31,32)(H,33,34,35). The molecule has 0 radical (unpaired) electrons. The molecular formula is C24H46N2O10S. The maximum atomic E-state index is 12.5. The fourth-order valence-corrected chi connectivity index (χ4v) is 4.38. The Morgan fingerprint density at radius 1 is 0.946 bits per heavy atom. The van der Waals surface area contributed by atoms with Gasteiger partial charge < -0.3 is 29.9 Å². The van der Waals surface area contributed by atoms with E-state index in [9.17, 15) is 33.0 Å². The molecule has 37 heavy (non-hydrogen) atoms. The number of aliphatic hydroxyl groups is 2. The van der Waals surface area contributed by atoms with Gasteiger partial charge in [-0.3, -0.25) is 18.9 Å². The van der Waals surface area contributed by atoms with E-state index in [-0.39, 0.29) is 38.6 Å². The molecule has 0 fully saturated rings. The third-order valence-corrected chi connectivity index (χ3v) is 7.04. The van der Waals surface area contributed by atoms with Crippen LogP contribution >= 0.6 is 0 Å². The van der Waals surface area contributed by atoms with Gasteiger partial charge in [0.15, 0.2) is 5.25 Å². The fraction of sp³-hybridized carbons (Fsp3) is 0.875. The highest BCUT2D eigenvalue weighted by atomic mass is 32.2. The van der Waals surface area contributed by atoms with Crippen LogP contribution in [0.4, 0.5) is 0 Å². The third-order valence-electron chi connectivity index (χ3n) is 5.95. The van der Waals surface area contributed by atoms with Gasteiger partial charge in [-0.05, 0) is 13.5 Å². The SMILES string of the molecule is CCCCCCCCCCC(O)CN(C)CCC(=O)N(CCO)CCOC(=O)CC(C(=O)O)S(=O)(=O)O. The number of aliphatic hydroxyl groups excluding tert-OH is 2. The largest absolute Gasteiger partial charge is 0.480 e. The predicted octanol–water partition coefficient (Wildman–Crippen LogP) is 1.30. The number of esters is 1. The lowest BCUT2D eigenvalue weighted by Gasteiger charge is -2.24. The molecule has 0 bridgehead atoms. The van der Waals surface area contributed by atoms with E-state index >= 15 is 0 Å². The van der Waals surface area contributed by atoms with Gasteiger partial charge in [-0.2, -0.15) is 8.42 Å². The molecular weight excluding hydrogens is 508 g/mol. The quantitative estimate of drug-likeness (QED) is 0.0811. The first-order chi connectivity index (χ1) is 17.4. The van der Waals surface area contributed by atoms with Crippen molar-refractivity contribution in [2.75, 3.05) is 46.4 Å². The monoisotopic (exact) mass is 554 g/mol. The molecule has 0 saturated carbocycles. The number of hydrogen-bond donors (Lipinski definition) is 4. The van der Waals surface area contributed by atoms with Crippen molar-refractivity contribution < 1.29 is 47.4 Å². The maximum Gasteiger partial charge on any atom is 0.325 e. The average Bonchev–Trinajstić information content (AvgIpc) is 2.81. The van der Waals surface area contributed by atoms with Crippen LogP contribution in [-0.2, 0) is 29.2 Å². The molecule has 0 aromatic heterocycles. The first kappa shape index (κ1) is 35.2. The first-order valence-electron chi connectivity index (χ1n) is 13.0. The molecule has 218 valence electrons. The number of nitrogens with zero attached hydrogens (tertiary/aromatic N) is 2. The van der Waals surface area contributed by atoms with Crippen LogP contribution in [0.2, 0.25) is 0 Å². The Morgan fingerprint density at radius 3 is 2.08 bits per heavy atom. The number of likely N-dealkylation sites (N-methyl/N-ethyl adjacent to an activating group) is 1. The van der Waals surface area contributed by atoms with Gasteiger partial charge in [-0.25, -0.2) is 0 Å². The second-order valence-corrected chi connectivity index (χ2v) is 10.9. The Hall–Kier alpha value is -1.80. The lowest BCUT2D eigenvalue weighted by Crippen LogP contribution is -2.39. The Labute approximate surface area is 220 Å². The average molecular weight is 555 g/mol.